The summed E-state index contributed by atoms with van der Waals surface area (Å²) in [6.45, 7) is 0.186. The molecular formula is C28H25ClFN3O2. The Morgan fingerprint density at radius 2 is 1.89 bits per heavy atom. The van der Waals surface area contributed by atoms with Gasteiger partial charge >= 0.3 is 0 Å². The van der Waals surface area contributed by atoms with E-state index in [1.807, 2.05) is 18.2 Å². The molecule has 1 aliphatic rings. The van der Waals surface area contributed by atoms with Gasteiger partial charge in [-0.3, -0.25) is 4.79 Å². The van der Waals surface area contributed by atoms with Gasteiger partial charge in [0.15, 0.2) is 0 Å². The second kappa shape index (κ2) is 10.4. The molecule has 35 heavy (non-hydrogen) atoms. The van der Waals surface area contributed by atoms with Crippen molar-refractivity contribution in [1.29, 1.82) is 0 Å². The lowest BCUT2D eigenvalue weighted by Crippen LogP contribution is -2.25. The van der Waals surface area contributed by atoms with Gasteiger partial charge in [0.25, 0.3) is 5.56 Å². The van der Waals surface area contributed by atoms with Crippen LogP contribution in [0.25, 0.3) is 10.9 Å². The third-order valence-corrected chi connectivity index (χ3v) is 6.55. The smallest absolute Gasteiger partial charge is 0.282 e. The van der Waals surface area contributed by atoms with Crippen molar-refractivity contribution in [2.45, 2.75) is 44.6 Å². The molecule has 1 aliphatic carbocycles. The van der Waals surface area contributed by atoms with Crippen molar-refractivity contribution in [3.05, 3.63) is 105 Å². The van der Waals surface area contributed by atoms with Crippen molar-refractivity contribution in [2.24, 2.45) is 5.10 Å². The predicted octanol–water partition coefficient (Wildman–Crippen LogP) is 6.70. The third kappa shape index (κ3) is 5.28. The Morgan fingerprint density at radius 1 is 1.06 bits per heavy atom. The maximum absolute atomic E-state index is 13.5. The molecule has 0 bridgehead atoms. The fourth-order valence-electron chi connectivity index (χ4n) is 4.54. The van der Waals surface area contributed by atoms with E-state index in [2.05, 4.69) is 5.10 Å². The molecule has 0 amide bonds. The van der Waals surface area contributed by atoms with Gasteiger partial charge < -0.3 is 4.74 Å². The van der Waals surface area contributed by atoms with Gasteiger partial charge in [0.1, 0.15) is 24.0 Å². The van der Waals surface area contributed by atoms with Crippen molar-refractivity contribution in [3.8, 4) is 5.75 Å². The Bertz CT molecular complexity index is 1440. The molecule has 1 aromatic heterocycles. The monoisotopic (exact) mass is 489 g/mol. The Kier molecular flexibility index (Phi) is 6.91. The zero-order valence-corrected chi connectivity index (χ0v) is 19.9. The van der Waals surface area contributed by atoms with E-state index in [4.69, 9.17) is 21.3 Å². The first-order chi connectivity index (χ1) is 17.1. The highest BCUT2D eigenvalue weighted by molar-refractivity contribution is 6.30. The van der Waals surface area contributed by atoms with Crippen LogP contribution in [0, 0.1) is 5.82 Å². The molecule has 0 N–H and O–H groups in total. The van der Waals surface area contributed by atoms with Crippen molar-refractivity contribution in [3.63, 3.8) is 0 Å². The average Bonchev–Trinajstić information content (AvgIpc) is 2.88. The molecule has 0 aliphatic heterocycles. The quantitative estimate of drug-likeness (QED) is 0.283. The van der Waals surface area contributed by atoms with Crippen LogP contribution in [0.5, 0.6) is 5.75 Å². The summed E-state index contributed by atoms with van der Waals surface area (Å²) in [6, 6.07) is 18.8. The molecule has 7 heteroatoms. The number of hydrogen-bond donors (Lipinski definition) is 0. The minimum Gasteiger partial charge on any atom is -0.488 e. The van der Waals surface area contributed by atoms with Crippen LogP contribution in [0.3, 0.4) is 0 Å². The number of fused-ring (bicyclic) bond motifs is 1. The summed E-state index contributed by atoms with van der Waals surface area (Å²) >= 11 is 6.25. The number of ether oxygens (including phenoxy) is 1. The lowest BCUT2D eigenvalue weighted by atomic mass is 9.88. The van der Waals surface area contributed by atoms with Crippen molar-refractivity contribution in [1.82, 2.24) is 9.66 Å². The van der Waals surface area contributed by atoms with E-state index < -0.39 is 0 Å². The van der Waals surface area contributed by atoms with Gasteiger partial charge in [-0.05, 0) is 60.9 Å². The van der Waals surface area contributed by atoms with E-state index in [0.29, 0.717) is 38.6 Å². The zero-order valence-electron chi connectivity index (χ0n) is 19.2. The zero-order chi connectivity index (χ0) is 24.2. The molecule has 4 aromatic rings. The van der Waals surface area contributed by atoms with Crippen LogP contribution < -0.4 is 10.3 Å². The minimum absolute atomic E-state index is 0.182. The van der Waals surface area contributed by atoms with Gasteiger partial charge in [-0.2, -0.15) is 9.78 Å². The van der Waals surface area contributed by atoms with Crippen LogP contribution in [0.1, 0.15) is 55.0 Å². The molecule has 1 fully saturated rings. The highest BCUT2D eigenvalue weighted by atomic mass is 35.5. The molecular weight excluding hydrogens is 465 g/mol. The van der Waals surface area contributed by atoms with Crippen LogP contribution >= 0.6 is 11.6 Å². The summed E-state index contributed by atoms with van der Waals surface area (Å²) in [4.78, 5) is 18.3. The second-order valence-corrected chi connectivity index (χ2v) is 9.22. The van der Waals surface area contributed by atoms with Crippen LogP contribution in [-0.2, 0) is 6.61 Å². The van der Waals surface area contributed by atoms with E-state index in [9.17, 15) is 9.18 Å². The summed E-state index contributed by atoms with van der Waals surface area (Å²) in [5, 5.41) is 5.63. The fourth-order valence-corrected chi connectivity index (χ4v) is 4.72. The Hall–Kier alpha value is -3.51. The molecule has 178 valence electrons. The number of para-hydroxylation sites is 1. The summed E-state index contributed by atoms with van der Waals surface area (Å²) in [6.07, 6.45) is 6.98. The Balaban J connectivity index is 1.52. The summed E-state index contributed by atoms with van der Waals surface area (Å²) in [5.74, 6) is 1.08. The fraction of sp³-hybridized carbons (Fsp3) is 0.250. The van der Waals surface area contributed by atoms with Crippen molar-refractivity contribution < 1.29 is 9.13 Å². The normalized spacial score (nSPS) is 14.6. The SMILES string of the molecule is O=c1c2ccccc2nc(C2CCCCC2)n1N=Cc1cc(Cl)ccc1OCc1cccc(F)c1. The topological polar surface area (TPSA) is 56.5 Å². The number of benzene rings is 3. The second-order valence-electron chi connectivity index (χ2n) is 8.78. The lowest BCUT2D eigenvalue weighted by Gasteiger charge is -2.22. The molecule has 0 atom stereocenters. The van der Waals surface area contributed by atoms with Crippen molar-refractivity contribution >= 4 is 28.7 Å². The van der Waals surface area contributed by atoms with Gasteiger partial charge in [-0.15, -0.1) is 0 Å². The predicted molar refractivity (Wildman–Crippen MR) is 137 cm³/mol. The average molecular weight is 490 g/mol. The third-order valence-electron chi connectivity index (χ3n) is 6.32. The van der Waals surface area contributed by atoms with Gasteiger partial charge in [0.05, 0.1) is 17.1 Å². The van der Waals surface area contributed by atoms with Crippen LogP contribution in [0.4, 0.5) is 4.39 Å². The first kappa shape index (κ1) is 23.2. The number of halogens is 2. The number of rotatable bonds is 6. The highest BCUT2D eigenvalue weighted by Gasteiger charge is 2.22. The molecule has 5 nitrogen and oxygen atoms in total. The molecule has 0 radical (unpaired) electrons. The molecule has 3 aromatic carbocycles. The van der Waals surface area contributed by atoms with Crippen LogP contribution in [0.2, 0.25) is 5.02 Å². The molecule has 1 saturated carbocycles. The van der Waals surface area contributed by atoms with E-state index in [0.717, 1.165) is 25.7 Å². The van der Waals surface area contributed by atoms with Gasteiger partial charge in [-0.1, -0.05) is 55.1 Å². The summed E-state index contributed by atoms with van der Waals surface area (Å²) in [7, 11) is 0. The van der Waals surface area contributed by atoms with Crippen molar-refractivity contribution in [2.75, 3.05) is 0 Å². The van der Waals surface area contributed by atoms with E-state index in [1.165, 1.54) is 23.2 Å². The Morgan fingerprint density at radius 3 is 2.71 bits per heavy atom. The number of hydrogen-bond acceptors (Lipinski definition) is 4. The van der Waals surface area contributed by atoms with E-state index in [-0.39, 0.29) is 23.9 Å². The maximum atomic E-state index is 13.5. The largest absolute Gasteiger partial charge is 0.488 e. The van der Waals surface area contributed by atoms with Gasteiger partial charge in [-0.25, -0.2) is 9.37 Å². The van der Waals surface area contributed by atoms with E-state index in [1.54, 1.807) is 42.6 Å². The van der Waals surface area contributed by atoms with E-state index >= 15 is 0 Å². The standard InChI is InChI=1S/C28H25ClFN3O2/c29-22-13-14-26(35-18-19-7-6-10-23(30)15-19)21(16-22)17-31-33-27(20-8-2-1-3-9-20)32-25-12-5-4-11-24(25)28(33)34/h4-7,10-17,20H,1-3,8-9,18H2. The molecule has 0 spiro atoms. The lowest BCUT2D eigenvalue weighted by molar-refractivity contribution is 0.305. The maximum Gasteiger partial charge on any atom is 0.282 e. The first-order valence-electron chi connectivity index (χ1n) is 11.8. The minimum atomic E-state index is -0.317. The van der Waals surface area contributed by atoms with Crippen LogP contribution in [0.15, 0.2) is 76.6 Å². The van der Waals surface area contributed by atoms with Gasteiger partial charge in [0, 0.05) is 16.5 Å². The first-order valence-corrected chi connectivity index (χ1v) is 12.2. The van der Waals surface area contributed by atoms with Crippen LogP contribution in [-0.4, -0.2) is 15.9 Å². The Labute approximate surface area is 207 Å². The number of aromatic nitrogens is 2. The number of nitrogens with zero attached hydrogens (tertiary/aromatic N) is 3. The summed E-state index contributed by atoms with van der Waals surface area (Å²) < 4.78 is 20.9. The molecule has 5 rings (SSSR count). The highest BCUT2D eigenvalue weighted by Crippen LogP contribution is 2.32. The molecule has 0 saturated heterocycles. The van der Waals surface area contributed by atoms with Gasteiger partial charge in [0.2, 0.25) is 0 Å². The summed E-state index contributed by atoms with van der Waals surface area (Å²) in [5.41, 5.74) is 1.81. The molecule has 1 heterocycles. The molecule has 0 unspecified atom stereocenters.